The van der Waals surface area contributed by atoms with E-state index in [2.05, 4.69) is 9.97 Å². The number of aromatic amines is 1. The molecular formula is C20H28N4O5. The van der Waals surface area contributed by atoms with Crippen molar-refractivity contribution in [3.63, 3.8) is 0 Å². The summed E-state index contributed by atoms with van der Waals surface area (Å²) >= 11 is 0. The van der Waals surface area contributed by atoms with Crippen molar-refractivity contribution < 1.29 is 23.9 Å². The number of hydrogen-bond donors (Lipinski definition) is 1. The van der Waals surface area contributed by atoms with Gasteiger partial charge in [-0.3, -0.25) is 14.4 Å². The number of piperidine rings is 1. The molecule has 2 aliphatic rings. The van der Waals surface area contributed by atoms with Crippen molar-refractivity contribution in [3.05, 3.63) is 24.3 Å². The molecule has 0 aliphatic carbocycles. The molecule has 0 bridgehead atoms. The molecule has 9 nitrogen and oxygen atoms in total. The maximum absolute atomic E-state index is 12.8. The normalized spacial score (nSPS) is 19.3. The van der Waals surface area contributed by atoms with Crippen molar-refractivity contribution in [1.29, 1.82) is 0 Å². The van der Waals surface area contributed by atoms with Crippen molar-refractivity contribution >= 4 is 23.9 Å². The van der Waals surface area contributed by atoms with Crippen LogP contribution in [-0.2, 0) is 23.9 Å². The third-order valence-electron chi connectivity index (χ3n) is 5.53. The van der Waals surface area contributed by atoms with Gasteiger partial charge in [0.15, 0.2) is 0 Å². The smallest absolute Gasteiger partial charge is 0.302 e. The van der Waals surface area contributed by atoms with Crippen LogP contribution in [-0.4, -0.2) is 83.6 Å². The maximum Gasteiger partial charge on any atom is 0.302 e. The molecule has 158 valence electrons. The highest BCUT2D eigenvalue weighted by Gasteiger charge is 2.39. The van der Waals surface area contributed by atoms with E-state index in [4.69, 9.17) is 9.47 Å². The Hall–Kier alpha value is -2.68. The molecule has 2 saturated heterocycles. The van der Waals surface area contributed by atoms with Crippen LogP contribution in [0.4, 0.5) is 0 Å². The van der Waals surface area contributed by atoms with Crippen LogP contribution in [0.3, 0.4) is 0 Å². The molecule has 0 radical (unpaired) electrons. The number of nitrogens with zero attached hydrogens (tertiary/aromatic N) is 3. The lowest BCUT2D eigenvalue weighted by atomic mass is 9.75. The topological polar surface area (TPSA) is 105 Å². The standard InChI is InChI=1S/C20H28N4O5/c1-16(25)29-14-20(12-19(27)24-8-10-28-11-9-24)4-6-23(7-5-20)18(26)3-2-17-13-21-15-22-17/h2-3,13,15H,4-12,14H2,1H3,(H,21,22)/b3-2+. The van der Waals surface area contributed by atoms with Gasteiger partial charge in [-0.05, 0) is 18.9 Å². The summed E-state index contributed by atoms with van der Waals surface area (Å²) in [5.74, 6) is -0.385. The van der Waals surface area contributed by atoms with E-state index in [9.17, 15) is 14.4 Å². The zero-order valence-corrected chi connectivity index (χ0v) is 16.8. The molecule has 1 N–H and O–H groups in total. The molecule has 0 unspecified atom stereocenters. The summed E-state index contributed by atoms with van der Waals surface area (Å²) in [6.07, 6.45) is 7.94. The highest BCUT2D eigenvalue weighted by Crippen LogP contribution is 2.36. The highest BCUT2D eigenvalue weighted by atomic mass is 16.5. The quantitative estimate of drug-likeness (QED) is 0.557. The first-order valence-electron chi connectivity index (χ1n) is 9.92. The summed E-state index contributed by atoms with van der Waals surface area (Å²) in [6.45, 7) is 4.88. The highest BCUT2D eigenvalue weighted by molar-refractivity contribution is 5.91. The van der Waals surface area contributed by atoms with Crippen molar-refractivity contribution in [2.75, 3.05) is 46.0 Å². The number of carbonyl (C=O) groups is 3. The van der Waals surface area contributed by atoms with Crippen LogP contribution in [0.1, 0.15) is 31.9 Å². The summed E-state index contributed by atoms with van der Waals surface area (Å²) in [5, 5.41) is 0. The zero-order chi connectivity index (χ0) is 20.7. The molecule has 29 heavy (non-hydrogen) atoms. The van der Waals surface area contributed by atoms with Crippen molar-refractivity contribution in [2.24, 2.45) is 5.41 Å². The Morgan fingerprint density at radius 3 is 2.55 bits per heavy atom. The van der Waals surface area contributed by atoms with Gasteiger partial charge in [-0.1, -0.05) is 0 Å². The zero-order valence-electron chi connectivity index (χ0n) is 16.8. The summed E-state index contributed by atoms with van der Waals surface area (Å²) in [4.78, 5) is 47.0. The van der Waals surface area contributed by atoms with E-state index < -0.39 is 5.41 Å². The molecular weight excluding hydrogens is 376 g/mol. The molecule has 0 aromatic carbocycles. The number of aromatic nitrogens is 2. The summed E-state index contributed by atoms with van der Waals surface area (Å²) in [5.41, 5.74) is 0.320. The van der Waals surface area contributed by atoms with Gasteiger partial charge in [0.1, 0.15) is 0 Å². The van der Waals surface area contributed by atoms with E-state index in [1.807, 2.05) is 4.90 Å². The third-order valence-corrected chi connectivity index (χ3v) is 5.53. The minimum absolute atomic E-state index is 0.0550. The second-order valence-electron chi connectivity index (χ2n) is 7.62. The Bertz CT molecular complexity index is 732. The predicted octanol–water partition coefficient (Wildman–Crippen LogP) is 0.844. The van der Waals surface area contributed by atoms with Gasteiger partial charge in [0.2, 0.25) is 11.8 Å². The fourth-order valence-electron chi connectivity index (χ4n) is 3.70. The van der Waals surface area contributed by atoms with Crippen LogP contribution < -0.4 is 0 Å². The first-order valence-corrected chi connectivity index (χ1v) is 9.92. The third kappa shape index (κ3) is 5.90. The molecule has 1 aromatic rings. The lowest BCUT2D eigenvalue weighted by molar-refractivity contribution is -0.151. The SMILES string of the molecule is CC(=O)OCC1(CC(=O)N2CCOCC2)CCN(C(=O)/C=C/c2cnc[nH]2)CC1. The van der Waals surface area contributed by atoms with Crippen LogP contribution >= 0.6 is 0 Å². The lowest BCUT2D eigenvalue weighted by Crippen LogP contribution is -2.48. The van der Waals surface area contributed by atoms with Crippen LogP contribution in [0.5, 0.6) is 0 Å². The second-order valence-corrected chi connectivity index (χ2v) is 7.62. The number of H-pyrrole nitrogens is 1. The van der Waals surface area contributed by atoms with Crippen LogP contribution in [0.25, 0.3) is 6.08 Å². The largest absolute Gasteiger partial charge is 0.465 e. The Kier molecular flexibility index (Phi) is 7.03. The Balaban J connectivity index is 1.60. The summed E-state index contributed by atoms with van der Waals surface area (Å²) in [6, 6.07) is 0. The molecule has 2 amide bonds. The average molecular weight is 404 g/mol. The average Bonchev–Trinajstić information content (AvgIpc) is 3.25. The number of esters is 1. The first kappa shape index (κ1) is 21.0. The van der Waals surface area contributed by atoms with E-state index in [-0.39, 0.29) is 24.4 Å². The van der Waals surface area contributed by atoms with Gasteiger partial charge in [-0.25, -0.2) is 4.98 Å². The van der Waals surface area contributed by atoms with Gasteiger partial charge in [0.05, 0.1) is 38.0 Å². The second kappa shape index (κ2) is 9.69. The van der Waals surface area contributed by atoms with Gasteiger partial charge >= 0.3 is 5.97 Å². The number of hydrogen-bond acceptors (Lipinski definition) is 6. The van der Waals surface area contributed by atoms with E-state index >= 15 is 0 Å². The monoisotopic (exact) mass is 404 g/mol. The lowest BCUT2D eigenvalue weighted by Gasteiger charge is -2.42. The molecule has 3 rings (SSSR count). The number of rotatable bonds is 6. The molecule has 2 aliphatic heterocycles. The van der Waals surface area contributed by atoms with E-state index in [1.54, 1.807) is 23.5 Å². The first-order chi connectivity index (χ1) is 14.0. The number of likely N-dealkylation sites (tertiary alicyclic amines) is 1. The number of amides is 2. The van der Waals surface area contributed by atoms with Crippen molar-refractivity contribution in [1.82, 2.24) is 19.8 Å². The number of imidazole rings is 1. The molecule has 2 fully saturated rings. The van der Waals surface area contributed by atoms with Gasteiger partial charge in [-0.2, -0.15) is 0 Å². The van der Waals surface area contributed by atoms with Crippen LogP contribution in [0.2, 0.25) is 0 Å². The predicted molar refractivity (Wildman–Crippen MR) is 105 cm³/mol. The van der Waals surface area contributed by atoms with Crippen molar-refractivity contribution in [2.45, 2.75) is 26.2 Å². The van der Waals surface area contributed by atoms with Gasteiger partial charge in [0, 0.05) is 51.0 Å². The minimum atomic E-state index is -0.440. The Labute approximate surface area is 170 Å². The minimum Gasteiger partial charge on any atom is -0.465 e. The number of morpholine rings is 1. The molecule has 0 saturated carbocycles. The van der Waals surface area contributed by atoms with E-state index in [0.717, 1.165) is 5.69 Å². The van der Waals surface area contributed by atoms with E-state index in [1.165, 1.54) is 13.0 Å². The molecule has 9 heteroatoms. The fraction of sp³-hybridized carbons (Fsp3) is 0.600. The van der Waals surface area contributed by atoms with Gasteiger partial charge in [-0.15, -0.1) is 0 Å². The Morgan fingerprint density at radius 2 is 1.93 bits per heavy atom. The van der Waals surface area contributed by atoms with Gasteiger partial charge in [0.25, 0.3) is 0 Å². The molecule has 3 heterocycles. The number of carbonyl (C=O) groups excluding carboxylic acids is 3. The van der Waals surface area contributed by atoms with Crippen LogP contribution in [0, 0.1) is 5.41 Å². The van der Waals surface area contributed by atoms with Crippen molar-refractivity contribution in [3.8, 4) is 0 Å². The number of nitrogens with one attached hydrogen (secondary N) is 1. The maximum atomic E-state index is 12.8. The molecule has 0 spiro atoms. The summed E-state index contributed by atoms with van der Waals surface area (Å²) in [7, 11) is 0. The molecule has 0 atom stereocenters. The van der Waals surface area contributed by atoms with E-state index in [0.29, 0.717) is 58.7 Å². The Morgan fingerprint density at radius 1 is 1.21 bits per heavy atom. The fourth-order valence-corrected chi connectivity index (χ4v) is 3.70. The number of ether oxygens (including phenoxy) is 2. The van der Waals surface area contributed by atoms with Crippen LogP contribution in [0.15, 0.2) is 18.6 Å². The molecule has 1 aromatic heterocycles. The van der Waals surface area contributed by atoms with Gasteiger partial charge < -0.3 is 24.3 Å². The summed E-state index contributed by atoms with van der Waals surface area (Å²) < 4.78 is 10.6.